The summed E-state index contributed by atoms with van der Waals surface area (Å²) in [6.07, 6.45) is 2.65. The topological polar surface area (TPSA) is 117 Å². The molecule has 0 spiro atoms. The Morgan fingerprint density at radius 3 is 1.51 bits per heavy atom. The average molecular weight is 637 g/mol. The van der Waals surface area contributed by atoms with Crippen molar-refractivity contribution in [3.63, 3.8) is 0 Å². The lowest BCUT2D eigenvalue weighted by Crippen LogP contribution is -2.45. The minimum atomic E-state index is -0.671. The number of hydrogen-bond donors (Lipinski definition) is 4. The highest BCUT2D eigenvalue weighted by Crippen LogP contribution is 2.18. The molecule has 0 aromatic heterocycles. The molecule has 0 heterocycles. The van der Waals surface area contributed by atoms with Crippen LogP contribution in [0.5, 0.6) is 11.5 Å². The minimum Gasteiger partial charge on any atom is -0.489 e. The zero-order valence-electron chi connectivity index (χ0n) is 26.6. The van der Waals surface area contributed by atoms with Crippen LogP contribution in [0.2, 0.25) is 0 Å². The first-order chi connectivity index (χ1) is 22.9. The van der Waals surface area contributed by atoms with Crippen LogP contribution in [0.1, 0.15) is 35.1 Å². The number of hydrogen-bond acceptors (Lipinski definition) is 6. The monoisotopic (exact) mass is 636 g/mol. The summed E-state index contributed by atoms with van der Waals surface area (Å²) in [6.45, 7) is 4.17. The molecular weight excluding hydrogens is 592 g/mol. The van der Waals surface area contributed by atoms with Gasteiger partial charge in [-0.05, 0) is 65.8 Å². The van der Waals surface area contributed by atoms with Crippen LogP contribution in [0.15, 0.2) is 122 Å². The number of amides is 2. The summed E-state index contributed by atoms with van der Waals surface area (Å²) in [5.74, 6) is 0.0987. The van der Waals surface area contributed by atoms with Gasteiger partial charge in [0.2, 0.25) is 11.8 Å². The standard InChI is InChI=1S/C39H44N2O6/c1-2-9-33(39(45)41-35(26-43)23-30-16-20-37(21-17-30)47-28-32-12-7-4-8-13-32)24-38(44)40-34(25-42)22-29-14-18-36(19-15-29)46-27-31-10-5-3-6-11-31/h2-8,10-21,33-35,42-43H,1,9,22-28H2,(H,40,44)(H,41,45)/t33-,34+,35+/m1/s1. The van der Waals surface area contributed by atoms with Crippen LogP contribution >= 0.6 is 0 Å². The molecular formula is C39H44N2O6. The molecule has 8 nitrogen and oxygen atoms in total. The second-order valence-electron chi connectivity index (χ2n) is 11.5. The van der Waals surface area contributed by atoms with Crippen LogP contribution in [0, 0.1) is 5.92 Å². The Bertz CT molecular complexity index is 1510. The Hall–Kier alpha value is -4.92. The lowest BCUT2D eigenvalue weighted by atomic mass is 9.98. The first-order valence-corrected chi connectivity index (χ1v) is 15.9. The Morgan fingerprint density at radius 1 is 0.638 bits per heavy atom. The summed E-state index contributed by atoms with van der Waals surface area (Å²) in [5, 5.41) is 25.7. The maximum absolute atomic E-state index is 13.2. The fourth-order valence-corrected chi connectivity index (χ4v) is 5.13. The highest BCUT2D eigenvalue weighted by Gasteiger charge is 2.24. The van der Waals surface area contributed by atoms with E-state index >= 15 is 0 Å². The number of allylic oxidation sites excluding steroid dienone is 1. The van der Waals surface area contributed by atoms with Gasteiger partial charge in [-0.1, -0.05) is 91.0 Å². The third-order valence-electron chi connectivity index (χ3n) is 7.71. The van der Waals surface area contributed by atoms with Gasteiger partial charge in [0.05, 0.1) is 31.2 Å². The van der Waals surface area contributed by atoms with Crippen molar-refractivity contribution < 1.29 is 29.3 Å². The van der Waals surface area contributed by atoms with E-state index in [4.69, 9.17) is 9.47 Å². The maximum Gasteiger partial charge on any atom is 0.224 e. The Kier molecular flexibility index (Phi) is 14.1. The molecule has 47 heavy (non-hydrogen) atoms. The van der Waals surface area contributed by atoms with Crippen molar-refractivity contribution in [2.45, 2.75) is 51.0 Å². The summed E-state index contributed by atoms with van der Waals surface area (Å²) in [6, 6.07) is 33.8. The predicted molar refractivity (Wildman–Crippen MR) is 183 cm³/mol. The van der Waals surface area contributed by atoms with E-state index < -0.39 is 18.0 Å². The number of rotatable bonds is 19. The molecule has 4 aromatic carbocycles. The van der Waals surface area contributed by atoms with Crippen molar-refractivity contribution in [2.75, 3.05) is 13.2 Å². The molecule has 0 saturated heterocycles. The largest absolute Gasteiger partial charge is 0.489 e. The highest BCUT2D eigenvalue weighted by molar-refractivity contribution is 5.86. The summed E-state index contributed by atoms with van der Waals surface area (Å²) in [5.41, 5.74) is 4.00. The van der Waals surface area contributed by atoms with Gasteiger partial charge in [-0.3, -0.25) is 9.59 Å². The molecule has 0 aliphatic rings. The van der Waals surface area contributed by atoms with Crippen LogP contribution in [0.4, 0.5) is 0 Å². The molecule has 0 radical (unpaired) electrons. The second-order valence-corrected chi connectivity index (χ2v) is 11.5. The number of nitrogens with one attached hydrogen (secondary N) is 2. The number of aliphatic hydroxyl groups is 2. The Morgan fingerprint density at radius 2 is 1.09 bits per heavy atom. The number of benzene rings is 4. The molecule has 0 aliphatic carbocycles. The number of carbonyl (C=O) groups excluding carboxylic acids is 2. The molecule has 4 aromatic rings. The van der Waals surface area contributed by atoms with E-state index in [0.717, 1.165) is 33.8 Å². The van der Waals surface area contributed by atoms with Crippen molar-refractivity contribution in [3.05, 3.63) is 144 Å². The van der Waals surface area contributed by atoms with Gasteiger partial charge in [0.1, 0.15) is 24.7 Å². The SMILES string of the molecule is C=CC[C@H](CC(=O)N[C@H](CO)Cc1ccc(OCc2ccccc2)cc1)C(=O)N[C@H](CO)Cc1ccc(OCc2ccccc2)cc1. The van der Waals surface area contributed by atoms with Gasteiger partial charge in [0.15, 0.2) is 0 Å². The fourth-order valence-electron chi connectivity index (χ4n) is 5.13. The highest BCUT2D eigenvalue weighted by atomic mass is 16.5. The van der Waals surface area contributed by atoms with Crippen LogP contribution in [0.25, 0.3) is 0 Å². The Balaban J connectivity index is 1.24. The minimum absolute atomic E-state index is 0.0772. The van der Waals surface area contributed by atoms with Gasteiger partial charge >= 0.3 is 0 Å². The third-order valence-corrected chi connectivity index (χ3v) is 7.71. The summed E-state index contributed by atoms with van der Waals surface area (Å²) < 4.78 is 11.7. The summed E-state index contributed by atoms with van der Waals surface area (Å²) >= 11 is 0. The molecule has 0 saturated carbocycles. The molecule has 0 aliphatic heterocycles. The third kappa shape index (κ3) is 12.1. The quantitative estimate of drug-likeness (QED) is 0.106. The van der Waals surface area contributed by atoms with E-state index in [9.17, 15) is 19.8 Å². The molecule has 4 rings (SSSR count). The first-order valence-electron chi connectivity index (χ1n) is 15.9. The van der Waals surface area contributed by atoms with E-state index in [-0.39, 0.29) is 31.4 Å². The van der Waals surface area contributed by atoms with Gasteiger partial charge < -0.3 is 30.3 Å². The maximum atomic E-state index is 13.2. The van der Waals surface area contributed by atoms with Crippen LogP contribution < -0.4 is 20.1 Å². The van der Waals surface area contributed by atoms with E-state index in [0.29, 0.717) is 32.5 Å². The van der Waals surface area contributed by atoms with Gasteiger partial charge in [-0.15, -0.1) is 6.58 Å². The van der Waals surface area contributed by atoms with Crippen molar-refractivity contribution in [3.8, 4) is 11.5 Å². The first kappa shape index (κ1) is 34.9. The predicted octanol–water partition coefficient (Wildman–Crippen LogP) is 5.17. The van der Waals surface area contributed by atoms with E-state index in [2.05, 4.69) is 17.2 Å². The molecule has 0 bridgehead atoms. The smallest absolute Gasteiger partial charge is 0.224 e. The van der Waals surface area contributed by atoms with Crippen molar-refractivity contribution in [2.24, 2.45) is 5.92 Å². The van der Waals surface area contributed by atoms with Crippen molar-refractivity contribution in [1.29, 1.82) is 0 Å². The second kappa shape index (κ2) is 18.9. The number of ether oxygens (including phenoxy) is 2. The normalized spacial score (nSPS) is 12.7. The van der Waals surface area contributed by atoms with E-state index in [1.807, 2.05) is 109 Å². The lowest BCUT2D eigenvalue weighted by Gasteiger charge is -2.22. The van der Waals surface area contributed by atoms with Gasteiger partial charge in [0, 0.05) is 6.42 Å². The van der Waals surface area contributed by atoms with Crippen molar-refractivity contribution in [1.82, 2.24) is 10.6 Å². The molecule has 0 unspecified atom stereocenters. The van der Waals surface area contributed by atoms with Crippen LogP contribution in [0.3, 0.4) is 0 Å². The lowest BCUT2D eigenvalue weighted by molar-refractivity contribution is -0.131. The summed E-state index contributed by atoms with van der Waals surface area (Å²) in [7, 11) is 0. The summed E-state index contributed by atoms with van der Waals surface area (Å²) in [4.78, 5) is 26.2. The van der Waals surface area contributed by atoms with Crippen molar-refractivity contribution >= 4 is 11.8 Å². The fraction of sp³-hybridized carbons (Fsp3) is 0.282. The van der Waals surface area contributed by atoms with Gasteiger partial charge in [-0.2, -0.15) is 0 Å². The van der Waals surface area contributed by atoms with Crippen LogP contribution in [-0.2, 0) is 35.6 Å². The Labute approximate surface area is 277 Å². The molecule has 0 fully saturated rings. The van der Waals surface area contributed by atoms with E-state index in [1.165, 1.54) is 0 Å². The zero-order valence-corrected chi connectivity index (χ0v) is 26.6. The average Bonchev–Trinajstić information content (AvgIpc) is 3.11. The molecule has 8 heteroatoms. The zero-order chi connectivity index (χ0) is 33.3. The molecule has 3 atom stereocenters. The molecule has 246 valence electrons. The molecule has 4 N–H and O–H groups in total. The van der Waals surface area contributed by atoms with Gasteiger partial charge in [0.25, 0.3) is 0 Å². The van der Waals surface area contributed by atoms with Gasteiger partial charge in [-0.25, -0.2) is 0 Å². The van der Waals surface area contributed by atoms with Crippen LogP contribution in [-0.4, -0.2) is 47.3 Å². The number of aliphatic hydroxyl groups excluding tert-OH is 2. The molecule has 2 amide bonds. The number of carbonyl (C=O) groups is 2. The van der Waals surface area contributed by atoms with E-state index in [1.54, 1.807) is 6.08 Å².